The topological polar surface area (TPSA) is 87.7 Å². The van der Waals surface area contributed by atoms with E-state index in [1.807, 2.05) is 4.90 Å². The molecule has 1 aromatic heterocycles. The number of hydrogen-bond donors (Lipinski definition) is 1. The zero-order valence-corrected chi connectivity index (χ0v) is 16.3. The fraction of sp³-hybridized carbons (Fsp3) is 0.700. The normalized spacial score (nSPS) is 25.6. The second-order valence-electron chi connectivity index (χ2n) is 8.03. The van der Waals surface area contributed by atoms with Crippen LogP contribution in [0.3, 0.4) is 0 Å². The summed E-state index contributed by atoms with van der Waals surface area (Å²) in [7, 11) is 0. The predicted octanol–water partition coefficient (Wildman–Crippen LogP) is 0.698. The number of aromatic nitrogens is 2. The Hall–Kier alpha value is -2.06. The van der Waals surface area contributed by atoms with Gasteiger partial charge in [-0.15, -0.1) is 0 Å². The van der Waals surface area contributed by atoms with E-state index in [1.54, 1.807) is 12.3 Å². The Morgan fingerprint density at radius 3 is 2.64 bits per heavy atom. The van der Waals surface area contributed by atoms with Gasteiger partial charge in [-0.25, -0.2) is 9.97 Å². The summed E-state index contributed by atoms with van der Waals surface area (Å²) in [4.78, 5) is 37.3. The lowest BCUT2D eigenvalue weighted by atomic mass is 10.1. The van der Waals surface area contributed by atoms with E-state index in [0.717, 1.165) is 25.3 Å². The van der Waals surface area contributed by atoms with Gasteiger partial charge in [0.1, 0.15) is 12.0 Å². The van der Waals surface area contributed by atoms with Crippen LogP contribution in [0.4, 0.5) is 0 Å². The van der Waals surface area contributed by atoms with Crippen molar-refractivity contribution in [3.63, 3.8) is 0 Å². The Morgan fingerprint density at radius 1 is 1.14 bits per heavy atom. The zero-order chi connectivity index (χ0) is 19.3. The quantitative estimate of drug-likeness (QED) is 0.741. The third-order valence-corrected chi connectivity index (χ3v) is 6.02. The number of hydrogen-bond acceptors (Lipinski definition) is 6. The van der Waals surface area contributed by atoms with Crippen molar-refractivity contribution in [2.24, 2.45) is 5.92 Å². The van der Waals surface area contributed by atoms with Gasteiger partial charge in [-0.2, -0.15) is 0 Å². The molecule has 2 aliphatic heterocycles. The van der Waals surface area contributed by atoms with Gasteiger partial charge in [-0.05, 0) is 37.7 Å². The highest BCUT2D eigenvalue weighted by molar-refractivity contribution is 5.92. The van der Waals surface area contributed by atoms with Crippen LogP contribution in [0.5, 0.6) is 0 Å². The number of nitrogens with one attached hydrogen (secondary N) is 1. The molecule has 4 rings (SSSR count). The summed E-state index contributed by atoms with van der Waals surface area (Å²) < 4.78 is 5.36. The molecule has 1 aromatic rings. The summed E-state index contributed by atoms with van der Waals surface area (Å²) in [5.74, 6) is 0.820. The maximum Gasteiger partial charge on any atom is 0.270 e. The maximum absolute atomic E-state index is 12.7. The Kier molecular flexibility index (Phi) is 6.17. The molecule has 3 heterocycles. The van der Waals surface area contributed by atoms with Crippen molar-refractivity contribution in [3.8, 4) is 0 Å². The first-order chi connectivity index (χ1) is 13.7. The third-order valence-electron chi connectivity index (χ3n) is 6.02. The second kappa shape index (κ2) is 8.96. The van der Waals surface area contributed by atoms with E-state index >= 15 is 0 Å². The number of likely N-dealkylation sites (tertiary alicyclic amines) is 1. The molecule has 0 aromatic carbocycles. The average molecular weight is 387 g/mol. The van der Waals surface area contributed by atoms with Crippen molar-refractivity contribution in [2.75, 3.05) is 39.4 Å². The molecule has 0 bridgehead atoms. The van der Waals surface area contributed by atoms with Crippen LogP contribution in [0.25, 0.3) is 0 Å². The Labute approximate surface area is 165 Å². The van der Waals surface area contributed by atoms with E-state index in [0.29, 0.717) is 45.0 Å². The molecule has 1 aliphatic carbocycles. The van der Waals surface area contributed by atoms with Crippen molar-refractivity contribution in [2.45, 2.75) is 44.2 Å². The molecule has 28 heavy (non-hydrogen) atoms. The van der Waals surface area contributed by atoms with Gasteiger partial charge in [-0.1, -0.05) is 0 Å². The van der Waals surface area contributed by atoms with Crippen LogP contribution in [0.15, 0.2) is 18.6 Å². The summed E-state index contributed by atoms with van der Waals surface area (Å²) in [6.07, 6.45) is 8.11. The lowest BCUT2D eigenvalue weighted by molar-refractivity contribution is -0.136. The van der Waals surface area contributed by atoms with Crippen LogP contribution < -0.4 is 5.32 Å². The van der Waals surface area contributed by atoms with E-state index < -0.39 is 0 Å². The van der Waals surface area contributed by atoms with Crippen LogP contribution in [0.2, 0.25) is 0 Å². The van der Waals surface area contributed by atoms with Gasteiger partial charge < -0.3 is 15.0 Å². The fourth-order valence-electron chi connectivity index (χ4n) is 4.22. The van der Waals surface area contributed by atoms with Crippen LogP contribution in [-0.4, -0.2) is 83.1 Å². The van der Waals surface area contributed by atoms with E-state index in [9.17, 15) is 9.59 Å². The van der Waals surface area contributed by atoms with Crippen molar-refractivity contribution < 1.29 is 14.3 Å². The van der Waals surface area contributed by atoms with Crippen molar-refractivity contribution >= 4 is 11.8 Å². The largest absolute Gasteiger partial charge is 0.378 e. The van der Waals surface area contributed by atoms with Crippen LogP contribution >= 0.6 is 0 Å². The minimum Gasteiger partial charge on any atom is -0.378 e. The minimum absolute atomic E-state index is 0.165. The summed E-state index contributed by atoms with van der Waals surface area (Å²) in [6, 6.07) is 2.18. The molecule has 1 saturated carbocycles. The van der Waals surface area contributed by atoms with Crippen molar-refractivity contribution in [1.29, 1.82) is 0 Å². The smallest absolute Gasteiger partial charge is 0.270 e. The molecule has 0 radical (unpaired) electrons. The molecule has 2 amide bonds. The second-order valence-corrected chi connectivity index (χ2v) is 8.03. The van der Waals surface area contributed by atoms with Crippen LogP contribution in [0.1, 0.15) is 42.6 Å². The summed E-state index contributed by atoms with van der Waals surface area (Å²) in [5, 5.41) is 3.02. The number of ether oxygens (including phenoxy) is 1. The van der Waals surface area contributed by atoms with Gasteiger partial charge >= 0.3 is 0 Å². The highest BCUT2D eigenvalue weighted by Crippen LogP contribution is 2.35. The molecular weight excluding hydrogens is 358 g/mol. The first kappa shape index (κ1) is 19.3. The summed E-state index contributed by atoms with van der Waals surface area (Å²) in [6.45, 7) is 4.31. The van der Waals surface area contributed by atoms with Crippen molar-refractivity contribution in [1.82, 2.24) is 25.1 Å². The first-order valence-corrected chi connectivity index (χ1v) is 10.4. The highest BCUT2D eigenvalue weighted by Gasteiger charge is 2.38. The van der Waals surface area contributed by atoms with E-state index in [-0.39, 0.29) is 23.9 Å². The van der Waals surface area contributed by atoms with Gasteiger partial charge in [0, 0.05) is 50.9 Å². The van der Waals surface area contributed by atoms with Crippen LogP contribution in [-0.2, 0) is 9.53 Å². The monoisotopic (exact) mass is 387 g/mol. The number of nitrogens with zero attached hydrogens (tertiary/aromatic N) is 4. The Balaban J connectivity index is 1.33. The van der Waals surface area contributed by atoms with Gasteiger partial charge in [0.05, 0.1) is 13.2 Å². The molecule has 1 N–H and O–H groups in total. The number of morpholine rings is 1. The molecule has 152 valence electrons. The van der Waals surface area contributed by atoms with E-state index in [4.69, 9.17) is 4.74 Å². The fourth-order valence-corrected chi connectivity index (χ4v) is 4.22. The van der Waals surface area contributed by atoms with Gasteiger partial charge in [0.2, 0.25) is 5.91 Å². The molecule has 0 spiro atoms. The maximum atomic E-state index is 12.7. The molecule has 3 aliphatic rings. The van der Waals surface area contributed by atoms with Crippen molar-refractivity contribution in [3.05, 3.63) is 24.3 Å². The predicted molar refractivity (Wildman–Crippen MR) is 103 cm³/mol. The lowest BCUT2D eigenvalue weighted by Crippen LogP contribution is -2.47. The van der Waals surface area contributed by atoms with E-state index in [1.165, 1.54) is 19.2 Å². The molecular formula is C20H29N5O3. The van der Waals surface area contributed by atoms with Crippen LogP contribution in [0, 0.1) is 5.92 Å². The Bertz CT molecular complexity index is 676. The minimum atomic E-state index is -0.165. The zero-order valence-electron chi connectivity index (χ0n) is 16.3. The molecule has 8 nitrogen and oxygen atoms in total. The number of carbonyl (C=O) groups is 2. The SMILES string of the molecule is O=C(NC[C@@H]1CC[C@H](CC(=O)N2CCOCC2)N1CC1CC1)c1ccncn1. The molecule has 2 saturated heterocycles. The first-order valence-electron chi connectivity index (χ1n) is 10.4. The standard InChI is InChI=1S/C20H29N5O3/c26-19(24-7-9-28-10-8-24)11-16-3-4-17(25(16)13-15-1-2-15)12-22-20(27)18-5-6-21-14-23-18/h5-6,14-17H,1-4,7-13H2,(H,22,27)/t16-,17+/m1/s1. The summed E-state index contributed by atoms with van der Waals surface area (Å²) >= 11 is 0. The summed E-state index contributed by atoms with van der Waals surface area (Å²) in [5.41, 5.74) is 0.390. The van der Waals surface area contributed by atoms with Gasteiger partial charge in [0.25, 0.3) is 5.91 Å². The molecule has 0 unspecified atom stereocenters. The van der Waals surface area contributed by atoms with Gasteiger partial charge in [0.15, 0.2) is 0 Å². The number of rotatable bonds is 7. The molecule has 3 fully saturated rings. The molecule has 2 atom stereocenters. The van der Waals surface area contributed by atoms with Gasteiger partial charge in [-0.3, -0.25) is 14.5 Å². The number of carbonyl (C=O) groups excluding carboxylic acids is 2. The third kappa shape index (κ3) is 4.86. The Morgan fingerprint density at radius 2 is 1.93 bits per heavy atom. The highest BCUT2D eigenvalue weighted by atomic mass is 16.5. The number of amides is 2. The average Bonchev–Trinajstić information content (AvgIpc) is 3.49. The molecule has 8 heteroatoms. The lowest BCUT2D eigenvalue weighted by Gasteiger charge is -2.33. The van der Waals surface area contributed by atoms with E-state index in [2.05, 4.69) is 20.2 Å².